The summed E-state index contributed by atoms with van der Waals surface area (Å²) in [4.78, 5) is 40.7. The number of nitrogens with one attached hydrogen (secondary N) is 2. The SMILES string of the molecule is C[C@H](NP(=O)(OCC1OC(n2cc(C=CBr)c(=O)[nH]c2=O)CC1O)Oc1ccccc1)C(=O)OCc1ccccc1. The van der Waals surface area contributed by atoms with E-state index in [0.717, 1.165) is 10.1 Å². The Balaban J connectivity index is 1.44. The zero-order valence-electron chi connectivity index (χ0n) is 21.9. The number of aromatic nitrogens is 2. The average Bonchev–Trinajstić information content (AvgIpc) is 3.33. The topological polar surface area (TPSA) is 158 Å². The molecule has 1 fully saturated rings. The third-order valence-corrected chi connectivity index (χ3v) is 7.97. The number of aliphatic hydroxyl groups excluding tert-OH is 1. The van der Waals surface area contributed by atoms with Crippen molar-refractivity contribution in [1.29, 1.82) is 0 Å². The van der Waals surface area contributed by atoms with Crippen molar-refractivity contribution in [3.63, 3.8) is 0 Å². The molecule has 2 heterocycles. The van der Waals surface area contributed by atoms with Crippen LogP contribution in [0.4, 0.5) is 0 Å². The Morgan fingerprint density at radius 3 is 2.59 bits per heavy atom. The molecular formula is C27H29BrN3O9P. The van der Waals surface area contributed by atoms with Gasteiger partial charge in [-0.1, -0.05) is 64.5 Å². The number of hydrogen-bond acceptors (Lipinski definition) is 9. The Morgan fingerprint density at radius 1 is 1.22 bits per heavy atom. The summed E-state index contributed by atoms with van der Waals surface area (Å²) in [5, 5.41) is 13.2. The molecule has 4 rings (SSSR count). The summed E-state index contributed by atoms with van der Waals surface area (Å²) in [6, 6.07) is 16.2. The third-order valence-electron chi connectivity index (χ3n) is 6.06. The summed E-state index contributed by atoms with van der Waals surface area (Å²) in [6.07, 6.45) is -0.282. The highest BCUT2D eigenvalue weighted by Gasteiger charge is 2.39. The number of para-hydroxylation sites is 1. The van der Waals surface area contributed by atoms with Gasteiger partial charge in [0.05, 0.1) is 18.3 Å². The number of nitrogens with zero attached hydrogens (tertiary/aromatic N) is 1. The van der Waals surface area contributed by atoms with Crippen LogP contribution >= 0.6 is 23.7 Å². The minimum atomic E-state index is -4.22. The molecule has 1 aliphatic heterocycles. The molecule has 0 saturated carbocycles. The van der Waals surface area contributed by atoms with Crippen LogP contribution in [0.5, 0.6) is 5.75 Å². The minimum absolute atomic E-state index is 0.00304. The van der Waals surface area contributed by atoms with Gasteiger partial charge in [-0.15, -0.1) is 0 Å². The largest absolute Gasteiger partial charge is 0.460 e. The first-order chi connectivity index (χ1) is 19.7. The molecule has 5 atom stereocenters. The highest BCUT2D eigenvalue weighted by atomic mass is 79.9. The van der Waals surface area contributed by atoms with Crippen molar-refractivity contribution < 1.29 is 33.0 Å². The highest BCUT2D eigenvalue weighted by molar-refractivity contribution is 9.11. The number of ether oxygens (including phenoxy) is 2. The summed E-state index contributed by atoms with van der Waals surface area (Å²) in [7, 11) is -4.22. The highest BCUT2D eigenvalue weighted by Crippen LogP contribution is 2.46. The second-order valence-electron chi connectivity index (χ2n) is 9.12. The molecule has 2 aromatic carbocycles. The Morgan fingerprint density at radius 2 is 1.90 bits per heavy atom. The first-order valence-electron chi connectivity index (χ1n) is 12.6. The maximum absolute atomic E-state index is 13.8. The van der Waals surface area contributed by atoms with Gasteiger partial charge >= 0.3 is 19.4 Å². The molecule has 4 unspecified atom stereocenters. The fourth-order valence-electron chi connectivity index (χ4n) is 3.96. The Bertz CT molecular complexity index is 1510. The van der Waals surface area contributed by atoms with Gasteiger partial charge < -0.3 is 19.1 Å². The number of hydrogen-bond donors (Lipinski definition) is 3. The van der Waals surface area contributed by atoms with Crippen molar-refractivity contribution in [3.05, 3.63) is 104 Å². The Labute approximate surface area is 243 Å². The molecule has 3 aromatic rings. The minimum Gasteiger partial charge on any atom is -0.460 e. The van der Waals surface area contributed by atoms with E-state index in [-0.39, 0.29) is 24.3 Å². The number of aromatic amines is 1. The van der Waals surface area contributed by atoms with Gasteiger partial charge in [0.2, 0.25) is 0 Å². The lowest BCUT2D eigenvalue weighted by Crippen LogP contribution is -2.36. The predicted octanol–water partition coefficient (Wildman–Crippen LogP) is 3.48. The summed E-state index contributed by atoms with van der Waals surface area (Å²) < 4.78 is 37.4. The van der Waals surface area contributed by atoms with Gasteiger partial charge in [0.15, 0.2) is 0 Å². The van der Waals surface area contributed by atoms with E-state index in [2.05, 4.69) is 26.0 Å². The molecule has 0 spiro atoms. The van der Waals surface area contributed by atoms with Gasteiger partial charge in [0, 0.05) is 12.6 Å². The van der Waals surface area contributed by atoms with Crippen LogP contribution in [0.2, 0.25) is 0 Å². The number of carbonyl (C=O) groups is 1. The van der Waals surface area contributed by atoms with Crippen molar-refractivity contribution in [1.82, 2.24) is 14.6 Å². The second-order valence-corrected chi connectivity index (χ2v) is 11.3. The zero-order chi connectivity index (χ0) is 29.4. The van der Waals surface area contributed by atoms with E-state index in [0.29, 0.717) is 0 Å². The molecule has 0 aliphatic carbocycles. The van der Waals surface area contributed by atoms with E-state index >= 15 is 0 Å². The van der Waals surface area contributed by atoms with E-state index in [9.17, 15) is 24.1 Å². The lowest BCUT2D eigenvalue weighted by Gasteiger charge is -2.24. The van der Waals surface area contributed by atoms with Crippen LogP contribution in [0.25, 0.3) is 6.08 Å². The summed E-state index contributed by atoms with van der Waals surface area (Å²) in [6.45, 7) is 1.07. The van der Waals surface area contributed by atoms with Gasteiger partial charge in [-0.25, -0.2) is 9.36 Å². The summed E-state index contributed by atoms with van der Waals surface area (Å²) >= 11 is 3.09. The summed E-state index contributed by atoms with van der Waals surface area (Å²) in [5.74, 6) is -0.469. The number of benzene rings is 2. The number of esters is 1. The standard InChI is InChI=1S/C27H29BrN3O9P/c1-18(26(34)37-16-19-8-4-2-5-9-19)30-41(36,40-21-10-6-3-7-11-21)38-17-23-22(32)14-24(39-23)31-15-20(12-13-28)25(33)29-27(31)35/h2-13,15,18,22-24,32H,14,16-17H2,1H3,(H,30,36)(H,29,33,35)/t18-,22?,23?,24?,41?/m0/s1. The smallest absolute Gasteiger partial charge is 0.459 e. The van der Waals surface area contributed by atoms with Crippen molar-refractivity contribution in [2.24, 2.45) is 0 Å². The first-order valence-corrected chi connectivity index (χ1v) is 15.1. The van der Waals surface area contributed by atoms with Gasteiger partial charge in [-0.3, -0.25) is 23.7 Å². The molecule has 1 saturated heterocycles. The molecule has 14 heteroatoms. The van der Waals surface area contributed by atoms with Crippen LogP contribution in [0.1, 0.15) is 30.7 Å². The van der Waals surface area contributed by atoms with Crippen LogP contribution in [0.15, 0.2) is 81.4 Å². The molecule has 0 radical (unpaired) electrons. The fourth-order valence-corrected chi connectivity index (χ4v) is 5.75. The quantitative estimate of drug-likeness (QED) is 0.196. The summed E-state index contributed by atoms with van der Waals surface area (Å²) in [5.41, 5.74) is -0.325. The molecule has 218 valence electrons. The van der Waals surface area contributed by atoms with E-state index in [1.165, 1.54) is 24.2 Å². The lowest BCUT2D eigenvalue weighted by atomic mass is 10.2. The van der Waals surface area contributed by atoms with Gasteiger partial charge in [0.1, 0.15) is 30.7 Å². The van der Waals surface area contributed by atoms with Crippen molar-refractivity contribution in [2.45, 2.75) is 44.4 Å². The van der Waals surface area contributed by atoms with Crippen molar-refractivity contribution >= 4 is 35.7 Å². The maximum atomic E-state index is 13.8. The average molecular weight is 650 g/mol. The monoisotopic (exact) mass is 649 g/mol. The van der Waals surface area contributed by atoms with Crippen LogP contribution in [0.3, 0.4) is 0 Å². The number of aliphatic hydroxyl groups is 1. The Kier molecular flexibility index (Phi) is 10.5. The van der Waals surface area contributed by atoms with E-state index in [1.54, 1.807) is 42.5 Å². The van der Waals surface area contributed by atoms with E-state index < -0.39 is 56.0 Å². The van der Waals surface area contributed by atoms with Gasteiger partial charge in [0.25, 0.3) is 5.56 Å². The van der Waals surface area contributed by atoms with Crippen LogP contribution in [-0.4, -0.2) is 45.5 Å². The predicted molar refractivity (Wildman–Crippen MR) is 153 cm³/mol. The van der Waals surface area contributed by atoms with Gasteiger partial charge in [-0.05, 0) is 35.7 Å². The molecule has 3 N–H and O–H groups in total. The van der Waals surface area contributed by atoms with Crippen LogP contribution in [0, 0.1) is 0 Å². The second kappa shape index (κ2) is 14.0. The molecule has 1 aliphatic rings. The Hall–Kier alpha value is -3.32. The third kappa shape index (κ3) is 8.35. The number of carbonyl (C=O) groups excluding carboxylic acids is 1. The maximum Gasteiger partial charge on any atom is 0.459 e. The van der Waals surface area contributed by atoms with Crippen LogP contribution in [-0.2, 0) is 30.0 Å². The zero-order valence-corrected chi connectivity index (χ0v) is 24.4. The molecule has 12 nitrogen and oxygen atoms in total. The number of H-pyrrole nitrogens is 1. The van der Waals surface area contributed by atoms with Crippen LogP contribution < -0.4 is 20.9 Å². The molecular weight excluding hydrogens is 621 g/mol. The molecule has 0 bridgehead atoms. The van der Waals surface area contributed by atoms with Gasteiger partial charge in [-0.2, -0.15) is 5.09 Å². The molecule has 0 amide bonds. The first kappa shape index (κ1) is 30.6. The molecule has 41 heavy (non-hydrogen) atoms. The van der Waals surface area contributed by atoms with Crippen molar-refractivity contribution in [3.8, 4) is 5.75 Å². The number of halogens is 1. The fraction of sp³-hybridized carbons (Fsp3) is 0.296. The molecule has 1 aromatic heterocycles. The lowest BCUT2D eigenvalue weighted by molar-refractivity contribution is -0.146. The van der Waals surface area contributed by atoms with Crippen molar-refractivity contribution in [2.75, 3.05) is 6.61 Å². The normalized spacial score (nSPS) is 20.9. The number of rotatable bonds is 12. The van der Waals surface area contributed by atoms with E-state index in [1.807, 2.05) is 18.2 Å². The van der Waals surface area contributed by atoms with E-state index in [4.69, 9.17) is 18.5 Å².